The van der Waals surface area contributed by atoms with Crippen LogP contribution in [0.5, 0.6) is 0 Å². The molecule has 0 spiro atoms. The molecule has 1 radical (unpaired) electrons. The van der Waals surface area contributed by atoms with Gasteiger partial charge in [0, 0.05) is 10.8 Å². The first-order valence-corrected chi connectivity index (χ1v) is 5.25. The van der Waals surface area contributed by atoms with Crippen LogP contribution in [0.2, 0.25) is 5.02 Å². The number of hydrogen-bond donors (Lipinski definition) is 1. The third-order valence-electron chi connectivity index (χ3n) is 2.62. The molecule has 4 heteroatoms. The monoisotopic (exact) mass is 229 g/mol. The fourth-order valence-electron chi connectivity index (χ4n) is 1.88. The topological polar surface area (TPSA) is 33.4 Å². The van der Waals surface area contributed by atoms with Crippen LogP contribution in [0.25, 0.3) is 21.9 Å². The van der Waals surface area contributed by atoms with E-state index in [0.29, 0.717) is 5.02 Å². The quantitative estimate of drug-likeness (QED) is 0.650. The van der Waals surface area contributed by atoms with Crippen LogP contribution in [-0.4, -0.2) is 12.5 Å². The summed E-state index contributed by atoms with van der Waals surface area (Å²) in [6.45, 7) is 0. The maximum Gasteiger partial charge on any atom is 0.326 e. The van der Waals surface area contributed by atoms with Crippen LogP contribution in [0.4, 0.5) is 0 Å². The van der Waals surface area contributed by atoms with Gasteiger partial charge in [-0.25, -0.2) is 0 Å². The Morgan fingerprint density at radius 3 is 2.81 bits per heavy atom. The minimum absolute atomic E-state index is 0.659. The maximum absolute atomic E-state index is 8.99. The molecule has 0 atom stereocenters. The van der Waals surface area contributed by atoms with Crippen LogP contribution >= 0.6 is 11.6 Å². The second-order valence-electron chi connectivity index (χ2n) is 3.60. The molecular formula is C12H7BClO2. The number of hydrogen-bond acceptors (Lipinski definition) is 2. The molecule has 0 bridgehead atoms. The molecule has 2 aromatic carbocycles. The van der Waals surface area contributed by atoms with Gasteiger partial charge in [0.05, 0.1) is 5.02 Å². The van der Waals surface area contributed by atoms with Gasteiger partial charge >= 0.3 is 7.48 Å². The Morgan fingerprint density at radius 2 is 2.00 bits per heavy atom. The maximum atomic E-state index is 8.99. The van der Waals surface area contributed by atoms with E-state index in [-0.39, 0.29) is 0 Å². The van der Waals surface area contributed by atoms with Gasteiger partial charge in [-0.1, -0.05) is 35.3 Å². The predicted molar refractivity (Wildman–Crippen MR) is 66.3 cm³/mol. The van der Waals surface area contributed by atoms with Crippen LogP contribution in [0.1, 0.15) is 0 Å². The Hall–Kier alpha value is -1.45. The Kier molecular flexibility index (Phi) is 2.16. The number of benzene rings is 2. The van der Waals surface area contributed by atoms with Gasteiger partial charge in [-0.05, 0) is 18.2 Å². The minimum Gasteiger partial charge on any atom is -0.456 e. The zero-order valence-corrected chi connectivity index (χ0v) is 9.03. The summed E-state index contributed by atoms with van der Waals surface area (Å²) >= 11 is 6.14. The van der Waals surface area contributed by atoms with Crippen molar-refractivity contribution >= 4 is 46.5 Å². The van der Waals surface area contributed by atoms with Crippen LogP contribution in [0.15, 0.2) is 40.8 Å². The van der Waals surface area contributed by atoms with Crippen molar-refractivity contribution in [2.75, 3.05) is 0 Å². The molecule has 1 aromatic heterocycles. The molecule has 77 valence electrons. The van der Waals surface area contributed by atoms with E-state index in [1.807, 2.05) is 30.3 Å². The first kappa shape index (κ1) is 9.76. The molecule has 1 heterocycles. The minimum atomic E-state index is 0.659. The van der Waals surface area contributed by atoms with Gasteiger partial charge in [-0.2, -0.15) is 0 Å². The zero-order chi connectivity index (χ0) is 11.1. The van der Waals surface area contributed by atoms with Crippen LogP contribution in [0.3, 0.4) is 0 Å². The van der Waals surface area contributed by atoms with Crippen molar-refractivity contribution in [3.8, 4) is 0 Å². The van der Waals surface area contributed by atoms with Crippen molar-refractivity contribution in [3.63, 3.8) is 0 Å². The molecule has 0 fully saturated rings. The Bertz CT molecular complexity index is 675. The number of halogens is 1. The fourth-order valence-corrected chi connectivity index (χ4v) is 2.15. The van der Waals surface area contributed by atoms with Crippen LogP contribution < -0.4 is 5.46 Å². The highest BCUT2D eigenvalue weighted by Crippen LogP contribution is 2.32. The van der Waals surface area contributed by atoms with Crippen molar-refractivity contribution < 1.29 is 9.44 Å². The van der Waals surface area contributed by atoms with Gasteiger partial charge in [0.15, 0.2) is 0 Å². The molecule has 1 N–H and O–H groups in total. The summed E-state index contributed by atoms with van der Waals surface area (Å²) in [5.74, 6) is 0. The van der Waals surface area contributed by atoms with Gasteiger partial charge in [-0.3, -0.25) is 0 Å². The second-order valence-corrected chi connectivity index (χ2v) is 4.01. The molecule has 0 unspecified atom stereocenters. The lowest BCUT2D eigenvalue weighted by atomic mass is 9.88. The van der Waals surface area contributed by atoms with E-state index in [9.17, 15) is 0 Å². The second kappa shape index (κ2) is 3.54. The molecule has 0 amide bonds. The van der Waals surface area contributed by atoms with E-state index in [4.69, 9.17) is 21.0 Å². The molecule has 3 rings (SSSR count). The summed E-state index contributed by atoms with van der Waals surface area (Å²) in [7, 11) is 1.06. The molecule has 0 saturated heterocycles. The smallest absolute Gasteiger partial charge is 0.326 e. The van der Waals surface area contributed by atoms with Crippen LogP contribution in [0, 0.1) is 0 Å². The van der Waals surface area contributed by atoms with Crippen molar-refractivity contribution in [1.29, 1.82) is 0 Å². The summed E-state index contributed by atoms with van der Waals surface area (Å²) < 4.78 is 5.65. The van der Waals surface area contributed by atoms with Gasteiger partial charge in [0.25, 0.3) is 0 Å². The summed E-state index contributed by atoms with van der Waals surface area (Å²) in [4.78, 5) is 0. The molecule has 16 heavy (non-hydrogen) atoms. The lowest BCUT2D eigenvalue weighted by Crippen LogP contribution is -2.11. The standard InChI is InChI=1S/C12H7BClO2/c14-9-2-1-3-11-12(9)8-6-7(13-15)4-5-10(8)16-11/h1-6,15H. The lowest BCUT2D eigenvalue weighted by Gasteiger charge is -1.95. The third-order valence-corrected chi connectivity index (χ3v) is 2.93. The first-order chi connectivity index (χ1) is 7.79. The molecule has 0 aliphatic heterocycles. The fraction of sp³-hybridized carbons (Fsp3) is 0. The highest BCUT2D eigenvalue weighted by atomic mass is 35.5. The van der Waals surface area contributed by atoms with Gasteiger partial charge in [0.1, 0.15) is 11.2 Å². The number of rotatable bonds is 1. The average Bonchev–Trinajstić information content (AvgIpc) is 2.67. The van der Waals surface area contributed by atoms with E-state index >= 15 is 0 Å². The highest BCUT2D eigenvalue weighted by molar-refractivity contribution is 6.46. The Labute approximate surface area is 97.7 Å². The lowest BCUT2D eigenvalue weighted by molar-refractivity contribution is 0.615. The summed E-state index contributed by atoms with van der Waals surface area (Å²) in [6, 6.07) is 11.0. The molecule has 0 saturated carbocycles. The molecule has 0 aliphatic carbocycles. The van der Waals surface area contributed by atoms with Crippen molar-refractivity contribution in [2.24, 2.45) is 0 Å². The van der Waals surface area contributed by atoms with E-state index in [1.54, 1.807) is 6.07 Å². The Morgan fingerprint density at radius 1 is 1.12 bits per heavy atom. The number of fused-ring (bicyclic) bond motifs is 3. The summed E-state index contributed by atoms with van der Waals surface area (Å²) in [5.41, 5.74) is 2.27. The van der Waals surface area contributed by atoms with Crippen LogP contribution in [-0.2, 0) is 0 Å². The van der Waals surface area contributed by atoms with Crippen molar-refractivity contribution in [1.82, 2.24) is 0 Å². The summed E-state index contributed by atoms with van der Waals surface area (Å²) in [6.07, 6.45) is 0. The number of furan rings is 1. The van der Waals surface area contributed by atoms with Crippen molar-refractivity contribution in [2.45, 2.75) is 0 Å². The Balaban J connectivity index is 2.50. The zero-order valence-electron chi connectivity index (χ0n) is 8.27. The van der Waals surface area contributed by atoms with E-state index in [1.165, 1.54) is 0 Å². The highest BCUT2D eigenvalue weighted by Gasteiger charge is 2.10. The average molecular weight is 229 g/mol. The van der Waals surface area contributed by atoms with Gasteiger partial charge in [0.2, 0.25) is 0 Å². The van der Waals surface area contributed by atoms with Gasteiger partial charge in [-0.15, -0.1) is 0 Å². The molecule has 0 aliphatic rings. The third kappa shape index (κ3) is 1.33. The largest absolute Gasteiger partial charge is 0.456 e. The molecular weight excluding hydrogens is 222 g/mol. The van der Waals surface area contributed by atoms with E-state index in [0.717, 1.165) is 34.9 Å². The van der Waals surface area contributed by atoms with E-state index in [2.05, 4.69) is 0 Å². The van der Waals surface area contributed by atoms with Crippen molar-refractivity contribution in [3.05, 3.63) is 41.4 Å². The normalized spacial score (nSPS) is 11.1. The van der Waals surface area contributed by atoms with Gasteiger partial charge < -0.3 is 9.44 Å². The summed E-state index contributed by atoms with van der Waals surface area (Å²) in [5, 5.41) is 11.5. The molecule has 3 aromatic rings. The van der Waals surface area contributed by atoms with E-state index < -0.39 is 0 Å². The predicted octanol–water partition coefficient (Wildman–Crippen LogP) is 2.48. The first-order valence-electron chi connectivity index (χ1n) is 4.88. The SMILES string of the molecule is O[B]c1ccc2oc3cccc(Cl)c3c2c1. The molecule has 2 nitrogen and oxygen atoms in total.